The zero-order valence-corrected chi connectivity index (χ0v) is 15.4. The molecule has 7 nitrogen and oxygen atoms in total. The Kier molecular flexibility index (Phi) is 4.52. The Morgan fingerprint density at radius 3 is 2.92 bits per heavy atom. The van der Waals surface area contributed by atoms with Crippen LogP contribution in [-0.2, 0) is 4.74 Å². The van der Waals surface area contributed by atoms with Gasteiger partial charge in [0.1, 0.15) is 0 Å². The highest BCUT2D eigenvalue weighted by atomic mass is 32.1. The molecule has 1 unspecified atom stereocenters. The van der Waals surface area contributed by atoms with Gasteiger partial charge in [0.2, 0.25) is 5.95 Å². The Labute approximate surface area is 155 Å². The number of hydrogen-bond acceptors (Lipinski definition) is 7. The molecular weight excluding hydrogens is 350 g/mol. The van der Waals surface area contributed by atoms with E-state index in [9.17, 15) is 4.79 Å². The molecule has 1 aliphatic heterocycles. The van der Waals surface area contributed by atoms with Gasteiger partial charge in [0.25, 0.3) is 5.91 Å². The number of rotatable bonds is 5. The second-order valence-corrected chi connectivity index (χ2v) is 7.14. The number of carbonyl (C=O) groups excluding carboxylic acids is 1. The van der Waals surface area contributed by atoms with E-state index >= 15 is 0 Å². The van der Waals surface area contributed by atoms with E-state index in [2.05, 4.69) is 20.3 Å². The number of fused-ring (bicyclic) bond motifs is 1. The maximum Gasteiger partial charge on any atom is 0.274 e. The summed E-state index contributed by atoms with van der Waals surface area (Å²) in [5, 5.41) is 5.18. The van der Waals surface area contributed by atoms with Gasteiger partial charge in [-0.3, -0.25) is 9.78 Å². The first-order chi connectivity index (χ1) is 12.7. The van der Waals surface area contributed by atoms with Crippen molar-refractivity contribution in [1.29, 1.82) is 0 Å². The smallest absolute Gasteiger partial charge is 0.274 e. The van der Waals surface area contributed by atoms with Crippen molar-refractivity contribution in [3.05, 3.63) is 47.2 Å². The fraction of sp³-hybridized carbons (Fsp3) is 0.333. The second-order valence-electron chi connectivity index (χ2n) is 6.22. The molecule has 0 bridgehead atoms. The summed E-state index contributed by atoms with van der Waals surface area (Å²) in [6, 6.07) is 7.59. The van der Waals surface area contributed by atoms with E-state index in [1.54, 1.807) is 18.2 Å². The number of thiophene rings is 1. The molecule has 1 atom stereocenters. The second kappa shape index (κ2) is 6.97. The fourth-order valence-corrected chi connectivity index (χ4v) is 3.69. The molecule has 0 aliphatic carbocycles. The van der Waals surface area contributed by atoms with Crippen molar-refractivity contribution in [1.82, 2.24) is 19.9 Å². The normalized spacial score (nSPS) is 15.7. The molecule has 3 aromatic rings. The predicted molar refractivity (Wildman–Crippen MR) is 100 cm³/mol. The Morgan fingerprint density at radius 2 is 2.19 bits per heavy atom. The molecule has 4 heterocycles. The maximum absolute atomic E-state index is 12.9. The number of aromatic nitrogens is 3. The zero-order valence-electron chi connectivity index (χ0n) is 14.5. The van der Waals surface area contributed by atoms with Crippen molar-refractivity contribution >= 4 is 33.4 Å². The molecule has 0 radical (unpaired) electrons. The molecule has 1 amide bonds. The van der Waals surface area contributed by atoms with Crippen LogP contribution in [0.25, 0.3) is 10.2 Å². The van der Waals surface area contributed by atoms with Gasteiger partial charge in [-0.15, -0.1) is 11.3 Å². The van der Waals surface area contributed by atoms with Crippen LogP contribution < -0.4 is 5.32 Å². The lowest BCUT2D eigenvalue weighted by Crippen LogP contribution is -2.54. The lowest BCUT2D eigenvalue weighted by molar-refractivity contribution is -0.0193. The molecule has 1 aliphatic rings. The molecule has 0 aromatic carbocycles. The van der Waals surface area contributed by atoms with Gasteiger partial charge in [0.05, 0.1) is 28.1 Å². The average molecular weight is 369 g/mol. The van der Waals surface area contributed by atoms with E-state index in [0.29, 0.717) is 24.7 Å². The van der Waals surface area contributed by atoms with Gasteiger partial charge >= 0.3 is 0 Å². The number of nitrogens with one attached hydrogen (secondary N) is 1. The van der Waals surface area contributed by atoms with Crippen LogP contribution in [-0.4, -0.2) is 52.1 Å². The van der Waals surface area contributed by atoms with E-state index in [4.69, 9.17) is 4.74 Å². The molecular formula is C18H19N5O2S. The number of hydrogen-bond donors (Lipinski definition) is 1. The maximum atomic E-state index is 12.9. The van der Waals surface area contributed by atoms with Crippen LogP contribution in [0.5, 0.6) is 0 Å². The van der Waals surface area contributed by atoms with E-state index in [-0.39, 0.29) is 18.1 Å². The minimum atomic E-state index is -0.0818. The van der Waals surface area contributed by atoms with Crippen molar-refractivity contribution < 1.29 is 9.53 Å². The van der Waals surface area contributed by atoms with Crippen LogP contribution in [0.4, 0.5) is 5.95 Å². The number of amides is 1. The van der Waals surface area contributed by atoms with Crippen molar-refractivity contribution in [2.75, 3.05) is 25.5 Å². The quantitative estimate of drug-likeness (QED) is 0.745. The van der Waals surface area contributed by atoms with Gasteiger partial charge in [-0.1, -0.05) is 6.07 Å². The summed E-state index contributed by atoms with van der Waals surface area (Å²) >= 11 is 1.48. The van der Waals surface area contributed by atoms with Crippen LogP contribution in [0.1, 0.15) is 29.1 Å². The molecule has 8 heteroatoms. The summed E-state index contributed by atoms with van der Waals surface area (Å²) in [4.78, 5) is 28.0. The molecule has 134 valence electrons. The monoisotopic (exact) mass is 369 g/mol. The highest BCUT2D eigenvalue weighted by Gasteiger charge is 2.33. The number of nitrogens with zero attached hydrogens (tertiary/aromatic N) is 4. The number of likely N-dealkylation sites (tertiary alicyclic amines) is 1. The largest absolute Gasteiger partial charge is 0.378 e. The Morgan fingerprint density at radius 1 is 1.35 bits per heavy atom. The Hall–Kier alpha value is -2.58. The predicted octanol–water partition coefficient (Wildman–Crippen LogP) is 2.73. The lowest BCUT2D eigenvalue weighted by atomic mass is 10.1. The third-order valence-electron chi connectivity index (χ3n) is 4.45. The summed E-state index contributed by atoms with van der Waals surface area (Å²) in [6.07, 6.45) is 1.86. The summed E-state index contributed by atoms with van der Waals surface area (Å²) in [6.45, 7) is 3.18. The number of ether oxygens (including phenoxy) is 1. The van der Waals surface area contributed by atoms with Crippen LogP contribution in [0.15, 0.2) is 35.8 Å². The zero-order chi connectivity index (χ0) is 18.1. The molecule has 26 heavy (non-hydrogen) atoms. The van der Waals surface area contributed by atoms with Crippen molar-refractivity contribution in [3.8, 4) is 0 Å². The minimum absolute atomic E-state index is 0.0721. The van der Waals surface area contributed by atoms with E-state index < -0.39 is 0 Å². The summed E-state index contributed by atoms with van der Waals surface area (Å²) in [5.74, 6) is 0.350. The molecule has 4 rings (SSSR count). The van der Waals surface area contributed by atoms with E-state index in [1.807, 2.05) is 36.6 Å². The molecule has 1 saturated heterocycles. The highest BCUT2D eigenvalue weighted by Crippen LogP contribution is 2.27. The molecule has 0 spiro atoms. The Bertz CT molecular complexity index is 924. The third kappa shape index (κ3) is 3.13. The topological polar surface area (TPSA) is 80.2 Å². The first-order valence-corrected chi connectivity index (χ1v) is 9.28. The van der Waals surface area contributed by atoms with Crippen molar-refractivity contribution in [2.45, 2.75) is 19.1 Å². The lowest BCUT2D eigenvalue weighted by Gasteiger charge is -2.37. The van der Waals surface area contributed by atoms with Gasteiger partial charge in [-0.05, 0) is 30.5 Å². The number of methoxy groups -OCH3 is 1. The number of carbonyl (C=O) groups is 1. The first kappa shape index (κ1) is 16.9. The number of anilines is 1. The van der Waals surface area contributed by atoms with Gasteiger partial charge in [-0.2, -0.15) is 0 Å². The molecule has 1 fully saturated rings. The SMILES string of the molecule is COC1CN(C(=O)c2nc(NC(C)c3ccccn3)nc3ccsc23)C1. The summed E-state index contributed by atoms with van der Waals surface area (Å²) < 4.78 is 6.07. The molecule has 1 N–H and O–H groups in total. The van der Waals surface area contributed by atoms with Crippen LogP contribution in [0.3, 0.4) is 0 Å². The third-order valence-corrected chi connectivity index (χ3v) is 5.36. The standard InChI is InChI=1S/C18H19N5O2S/c1-11(13-5-3-4-7-19-13)20-18-21-14-6-8-26-16(14)15(22-18)17(24)23-9-12(10-23)25-2/h3-8,11-12H,9-10H2,1-2H3,(H,20,21,22). The van der Waals surface area contributed by atoms with Gasteiger partial charge in [0.15, 0.2) is 5.69 Å². The first-order valence-electron chi connectivity index (χ1n) is 8.40. The highest BCUT2D eigenvalue weighted by molar-refractivity contribution is 7.17. The van der Waals surface area contributed by atoms with Crippen molar-refractivity contribution in [2.24, 2.45) is 0 Å². The molecule has 3 aromatic heterocycles. The average Bonchev–Trinajstić information content (AvgIpc) is 3.09. The van der Waals surface area contributed by atoms with Gasteiger partial charge in [-0.25, -0.2) is 9.97 Å². The summed E-state index contributed by atoms with van der Waals surface area (Å²) in [5.41, 5.74) is 2.10. The van der Waals surface area contributed by atoms with Gasteiger partial charge < -0.3 is 15.0 Å². The fourth-order valence-electron chi connectivity index (χ4n) is 2.88. The van der Waals surface area contributed by atoms with Crippen LogP contribution in [0.2, 0.25) is 0 Å². The van der Waals surface area contributed by atoms with E-state index in [0.717, 1.165) is 15.9 Å². The Balaban J connectivity index is 1.61. The molecule has 0 saturated carbocycles. The minimum Gasteiger partial charge on any atom is -0.378 e. The number of pyridine rings is 1. The van der Waals surface area contributed by atoms with E-state index in [1.165, 1.54) is 11.3 Å². The van der Waals surface area contributed by atoms with Crippen LogP contribution in [0, 0.1) is 0 Å². The van der Waals surface area contributed by atoms with Crippen molar-refractivity contribution in [3.63, 3.8) is 0 Å². The van der Waals surface area contributed by atoms with Crippen LogP contribution >= 0.6 is 11.3 Å². The summed E-state index contributed by atoms with van der Waals surface area (Å²) in [7, 11) is 1.66. The van der Waals surface area contributed by atoms with Gasteiger partial charge in [0, 0.05) is 26.4 Å².